The zero-order chi connectivity index (χ0) is 18.2. The van der Waals surface area contributed by atoms with Gasteiger partial charge in [-0.15, -0.1) is 0 Å². The highest BCUT2D eigenvalue weighted by Crippen LogP contribution is 2.24. The largest absolute Gasteiger partial charge is 0.465 e. The molecule has 0 saturated heterocycles. The molecule has 3 rings (SSSR count). The van der Waals surface area contributed by atoms with Crippen molar-refractivity contribution in [3.05, 3.63) is 95.6 Å². The monoisotopic (exact) mass is 345 g/mol. The van der Waals surface area contributed by atoms with Crippen LogP contribution in [0, 0.1) is 0 Å². The van der Waals surface area contributed by atoms with Crippen LogP contribution < -0.4 is 5.32 Å². The first kappa shape index (κ1) is 17.9. The van der Waals surface area contributed by atoms with Gasteiger partial charge in [0, 0.05) is 6.54 Å². The predicted molar refractivity (Wildman–Crippen MR) is 105 cm³/mol. The van der Waals surface area contributed by atoms with Crippen molar-refractivity contribution in [3.8, 4) is 11.1 Å². The van der Waals surface area contributed by atoms with E-state index in [0.29, 0.717) is 5.56 Å². The van der Waals surface area contributed by atoms with Crippen molar-refractivity contribution < 1.29 is 9.53 Å². The quantitative estimate of drug-likeness (QED) is 0.507. The van der Waals surface area contributed by atoms with E-state index < -0.39 is 0 Å². The lowest BCUT2D eigenvalue weighted by Crippen LogP contribution is -2.16. The third kappa shape index (κ3) is 4.58. The molecule has 0 spiro atoms. The molecule has 0 aliphatic heterocycles. The molecule has 0 bridgehead atoms. The zero-order valence-electron chi connectivity index (χ0n) is 14.9. The number of hydrogen-bond acceptors (Lipinski definition) is 3. The van der Waals surface area contributed by atoms with Gasteiger partial charge in [0.1, 0.15) is 0 Å². The van der Waals surface area contributed by atoms with E-state index in [-0.39, 0.29) is 5.97 Å². The first-order chi connectivity index (χ1) is 12.8. The third-order valence-electron chi connectivity index (χ3n) is 4.36. The van der Waals surface area contributed by atoms with Gasteiger partial charge in [-0.2, -0.15) is 0 Å². The molecule has 0 saturated carbocycles. The van der Waals surface area contributed by atoms with Crippen LogP contribution in [-0.2, 0) is 17.7 Å². The normalized spacial score (nSPS) is 10.5. The van der Waals surface area contributed by atoms with Gasteiger partial charge in [0.15, 0.2) is 0 Å². The van der Waals surface area contributed by atoms with E-state index in [1.165, 1.54) is 18.2 Å². The summed E-state index contributed by atoms with van der Waals surface area (Å²) in [5.74, 6) is -0.313. The number of ether oxygens (including phenoxy) is 1. The molecule has 0 atom stereocenters. The number of methoxy groups -OCH3 is 1. The average molecular weight is 345 g/mol. The van der Waals surface area contributed by atoms with Crippen LogP contribution in [0.2, 0.25) is 0 Å². The van der Waals surface area contributed by atoms with Gasteiger partial charge in [-0.3, -0.25) is 0 Å². The van der Waals surface area contributed by atoms with E-state index in [9.17, 15) is 4.79 Å². The predicted octanol–water partition coefficient (Wildman–Crippen LogP) is 4.47. The number of esters is 1. The van der Waals surface area contributed by atoms with E-state index in [2.05, 4.69) is 53.8 Å². The Kier molecular flexibility index (Phi) is 6.18. The van der Waals surface area contributed by atoms with Crippen molar-refractivity contribution in [1.82, 2.24) is 5.32 Å². The molecule has 3 aromatic rings. The molecule has 26 heavy (non-hydrogen) atoms. The molecule has 3 aromatic carbocycles. The number of nitrogens with one attached hydrogen (secondary N) is 1. The minimum atomic E-state index is -0.313. The Hall–Kier alpha value is -2.91. The lowest BCUT2D eigenvalue weighted by molar-refractivity contribution is 0.0601. The van der Waals surface area contributed by atoms with E-state index in [1.807, 2.05) is 24.3 Å². The average Bonchev–Trinajstić information content (AvgIpc) is 2.72. The second kappa shape index (κ2) is 8.97. The first-order valence-corrected chi connectivity index (χ1v) is 8.79. The molecule has 0 radical (unpaired) electrons. The maximum absolute atomic E-state index is 11.9. The molecule has 132 valence electrons. The summed E-state index contributed by atoms with van der Waals surface area (Å²) < 4.78 is 4.88. The Morgan fingerprint density at radius 2 is 1.54 bits per heavy atom. The highest BCUT2D eigenvalue weighted by atomic mass is 16.5. The van der Waals surface area contributed by atoms with E-state index >= 15 is 0 Å². The topological polar surface area (TPSA) is 38.3 Å². The Morgan fingerprint density at radius 1 is 0.846 bits per heavy atom. The summed E-state index contributed by atoms with van der Waals surface area (Å²) in [5, 5.41) is 3.47. The Balaban J connectivity index is 1.60. The van der Waals surface area contributed by atoms with Crippen molar-refractivity contribution in [1.29, 1.82) is 0 Å². The van der Waals surface area contributed by atoms with Crippen molar-refractivity contribution in [3.63, 3.8) is 0 Å². The fourth-order valence-electron chi connectivity index (χ4n) is 2.94. The van der Waals surface area contributed by atoms with Crippen molar-refractivity contribution in [2.45, 2.75) is 13.0 Å². The number of carbonyl (C=O) groups is 1. The van der Waals surface area contributed by atoms with Crippen LogP contribution in [0.3, 0.4) is 0 Å². The molecule has 0 unspecified atom stereocenters. The van der Waals surface area contributed by atoms with Crippen LogP contribution in [0.15, 0.2) is 78.9 Å². The highest BCUT2D eigenvalue weighted by molar-refractivity contribution is 5.97. The summed E-state index contributed by atoms with van der Waals surface area (Å²) in [7, 11) is 1.41. The van der Waals surface area contributed by atoms with Gasteiger partial charge in [0.25, 0.3) is 0 Å². The summed E-state index contributed by atoms with van der Waals surface area (Å²) in [5.41, 5.74) is 5.05. The highest BCUT2D eigenvalue weighted by Gasteiger charge is 2.12. The fraction of sp³-hybridized carbons (Fsp3) is 0.174. The number of benzene rings is 3. The fourth-order valence-corrected chi connectivity index (χ4v) is 2.94. The molecule has 1 N–H and O–H groups in total. The van der Waals surface area contributed by atoms with Crippen LogP contribution >= 0.6 is 0 Å². The van der Waals surface area contributed by atoms with Gasteiger partial charge in [0.2, 0.25) is 0 Å². The van der Waals surface area contributed by atoms with Gasteiger partial charge in [-0.05, 0) is 41.3 Å². The number of hydrogen-bond donors (Lipinski definition) is 1. The lowest BCUT2D eigenvalue weighted by atomic mass is 9.98. The van der Waals surface area contributed by atoms with Gasteiger partial charge < -0.3 is 10.1 Å². The molecule has 0 heterocycles. The Labute approximate surface area is 154 Å². The lowest BCUT2D eigenvalue weighted by Gasteiger charge is -2.09. The van der Waals surface area contributed by atoms with Crippen LogP contribution in [-0.4, -0.2) is 19.6 Å². The number of rotatable bonds is 7. The molecule has 0 aromatic heterocycles. The van der Waals surface area contributed by atoms with Gasteiger partial charge in [-0.25, -0.2) is 4.79 Å². The second-order valence-corrected chi connectivity index (χ2v) is 6.15. The van der Waals surface area contributed by atoms with Crippen LogP contribution in [0.25, 0.3) is 11.1 Å². The Bertz CT molecular complexity index is 842. The molecule has 3 nitrogen and oxygen atoms in total. The summed E-state index contributed by atoms with van der Waals surface area (Å²) in [6.07, 6.45) is 1.02. The molecule has 0 fully saturated rings. The van der Waals surface area contributed by atoms with Crippen molar-refractivity contribution in [2.24, 2.45) is 0 Å². The molecule has 0 amide bonds. The summed E-state index contributed by atoms with van der Waals surface area (Å²) in [6, 6.07) is 26.3. The van der Waals surface area contributed by atoms with Crippen LogP contribution in [0.5, 0.6) is 0 Å². The van der Waals surface area contributed by atoms with E-state index in [1.54, 1.807) is 6.07 Å². The number of carbonyl (C=O) groups excluding carboxylic acids is 1. The SMILES string of the molecule is COC(=O)c1ccccc1-c1ccc(CNCCc2ccccc2)cc1. The van der Waals surface area contributed by atoms with E-state index in [0.717, 1.165) is 30.6 Å². The third-order valence-corrected chi connectivity index (χ3v) is 4.36. The molecular formula is C23H23NO2. The molecular weight excluding hydrogens is 322 g/mol. The van der Waals surface area contributed by atoms with Gasteiger partial charge >= 0.3 is 5.97 Å². The smallest absolute Gasteiger partial charge is 0.338 e. The van der Waals surface area contributed by atoms with Gasteiger partial charge in [0.05, 0.1) is 12.7 Å². The standard InChI is InChI=1S/C23H23NO2/c1-26-23(25)22-10-6-5-9-21(22)20-13-11-19(12-14-20)17-24-16-15-18-7-3-2-4-8-18/h2-14,24H,15-17H2,1H3. The Morgan fingerprint density at radius 3 is 2.27 bits per heavy atom. The van der Waals surface area contributed by atoms with Crippen molar-refractivity contribution >= 4 is 5.97 Å². The molecule has 0 aliphatic rings. The summed E-state index contributed by atoms with van der Waals surface area (Å²) >= 11 is 0. The van der Waals surface area contributed by atoms with E-state index in [4.69, 9.17) is 4.74 Å². The first-order valence-electron chi connectivity index (χ1n) is 8.79. The molecule has 3 heteroatoms. The summed E-state index contributed by atoms with van der Waals surface area (Å²) in [4.78, 5) is 11.9. The maximum Gasteiger partial charge on any atom is 0.338 e. The zero-order valence-corrected chi connectivity index (χ0v) is 14.9. The molecule has 0 aliphatic carbocycles. The van der Waals surface area contributed by atoms with Gasteiger partial charge in [-0.1, -0.05) is 72.8 Å². The minimum absolute atomic E-state index is 0.313. The van der Waals surface area contributed by atoms with Crippen LogP contribution in [0.4, 0.5) is 0 Å². The second-order valence-electron chi connectivity index (χ2n) is 6.15. The minimum Gasteiger partial charge on any atom is -0.465 e. The maximum atomic E-state index is 11.9. The summed E-state index contributed by atoms with van der Waals surface area (Å²) in [6.45, 7) is 1.77. The van der Waals surface area contributed by atoms with Crippen molar-refractivity contribution in [2.75, 3.05) is 13.7 Å². The van der Waals surface area contributed by atoms with Crippen LogP contribution in [0.1, 0.15) is 21.5 Å².